The number of carbonyl (C=O) groups excluding carboxylic acids is 1. The van der Waals surface area contributed by atoms with Crippen LogP contribution in [0.2, 0.25) is 0 Å². The van der Waals surface area contributed by atoms with Gasteiger partial charge in [-0.3, -0.25) is 9.69 Å². The van der Waals surface area contributed by atoms with Gasteiger partial charge in [-0.2, -0.15) is 5.26 Å². The molecule has 0 radical (unpaired) electrons. The standard InChI is InChI=1S/C13H18BrN3OS/c1-4-10(5-6-15)16-13(18)12(17(2)3)11-7-9(14)8-19-11/h7-8,10,12H,4-5H2,1-3H3,(H,16,18)/t10-,12+/m0/s1. The second-order valence-corrected chi connectivity index (χ2v) is 6.37. The van der Waals surface area contributed by atoms with E-state index in [0.29, 0.717) is 6.42 Å². The van der Waals surface area contributed by atoms with Gasteiger partial charge in [0.15, 0.2) is 0 Å². The van der Waals surface area contributed by atoms with Crippen LogP contribution in [-0.2, 0) is 4.79 Å². The first-order valence-electron chi connectivity index (χ1n) is 6.07. The Bertz CT molecular complexity index is 467. The highest BCUT2D eigenvalue weighted by molar-refractivity contribution is 9.10. The zero-order valence-corrected chi connectivity index (χ0v) is 13.7. The SMILES string of the molecule is CC[C@@H](CC#N)NC(=O)[C@@H](c1cc(Br)cs1)N(C)C. The maximum absolute atomic E-state index is 12.4. The summed E-state index contributed by atoms with van der Waals surface area (Å²) < 4.78 is 0.983. The van der Waals surface area contributed by atoms with Gasteiger partial charge in [0.1, 0.15) is 6.04 Å². The second kappa shape index (κ2) is 7.63. The van der Waals surface area contributed by atoms with E-state index in [1.54, 1.807) is 11.3 Å². The molecule has 19 heavy (non-hydrogen) atoms. The van der Waals surface area contributed by atoms with Crippen molar-refractivity contribution in [2.24, 2.45) is 0 Å². The molecule has 1 amide bonds. The smallest absolute Gasteiger partial charge is 0.243 e. The van der Waals surface area contributed by atoms with Crippen molar-refractivity contribution in [2.45, 2.75) is 31.8 Å². The van der Waals surface area contributed by atoms with E-state index in [1.165, 1.54) is 0 Å². The lowest BCUT2D eigenvalue weighted by molar-refractivity contribution is -0.126. The molecule has 0 saturated heterocycles. The van der Waals surface area contributed by atoms with Crippen LogP contribution in [0.3, 0.4) is 0 Å². The normalized spacial score (nSPS) is 13.9. The molecule has 1 aromatic rings. The van der Waals surface area contributed by atoms with Gasteiger partial charge in [0.2, 0.25) is 5.91 Å². The summed E-state index contributed by atoms with van der Waals surface area (Å²) in [5, 5.41) is 13.6. The Balaban J connectivity index is 2.83. The highest BCUT2D eigenvalue weighted by Gasteiger charge is 2.25. The Kier molecular flexibility index (Phi) is 6.49. The molecule has 0 aliphatic carbocycles. The Hall–Kier alpha value is -0.900. The van der Waals surface area contributed by atoms with Crippen LogP contribution in [0.25, 0.3) is 0 Å². The third-order valence-corrected chi connectivity index (χ3v) is 4.54. The summed E-state index contributed by atoms with van der Waals surface area (Å²) in [5.74, 6) is -0.0542. The van der Waals surface area contributed by atoms with Crippen molar-refractivity contribution in [2.75, 3.05) is 14.1 Å². The molecule has 1 aromatic heterocycles. The number of carbonyl (C=O) groups is 1. The molecule has 0 saturated carbocycles. The summed E-state index contributed by atoms with van der Waals surface area (Å²) in [6.07, 6.45) is 1.10. The first-order chi connectivity index (χ1) is 8.99. The van der Waals surface area contributed by atoms with Gasteiger partial charge in [0.05, 0.1) is 12.5 Å². The number of rotatable bonds is 6. The van der Waals surface area contributed by atoms with Crippen molar-refractivity contribution in [1.29, 1.82) is 5.26 Å². The van der Waals surface area contributed by atoms with E-state index in [4.69, 9.17) is 5.26 Å². The van der Waals surface area contributed by atoms with Crippen molar-refractivity contribution < 1.29 is 4.79 Å². The molecule has 4 nitrogen and oxygen atoms in total. The number of hydrogen-bond acceptors (Lipinski definition) is 4. The number of nitrogens with one attached hydrogen (secondary N) is 1. The number of hydrogen-bond donors (Lipinski definition) is 1. The fourth-order valence-corrected chi connectivity index (χ4v) is 3.41. The van der Waals surface area contributed by atoms with Gasteiger partial charge in [0.25, 0.3) is 0 Å². The molecule has 0 fully saturated rings. The average molecular weight is 344 g/mol. The van der Waals surface area contributed by atoms with E-state index < -0.39 is 0 Å². The quantitative estimate of drug-likeness (QED) is 0.863. The predicted molar refractivity (Wildman–Crippen MR) is 80.9 cm³/mol. The lowest BCUT2D eigenvalue weighted by Crippen LogP contribution is -2.41. The lowest BCUT2D eigenvalue weighted by atomic mass is 10.1. The third kappa shape index (κ3) is 4.60. The summed E-state index contributed by atoms with van der Waals surface area (Å²) in [6.45, 7) is 1.97. The van der Waals surface area contributed by atoms with Crippen LogP contribution in [0.5, 0.6) is 0 Å². The van der Waals surface area contributed by atoms with Crippen LogP contribution in [0, 0.1) is 11.3 Å². The number of likely N-dealkylation sites (N-methyl/N-ethyl adjacent to an activating group) is 1. The van der Waals surface area contributed by atoms with Gasteiger partial charge < -0.3 is 5.32 Å². The average Bonchev–Trinajstić information content (AvgIpc) is 2.74. The van der Waals surface area contributed by atoms with Crippen molar-refractivity contribution >= 4 is 33.2 Å². The van der Waals surface area contributed by atoms with Gasteiger partial charge in [-0.15, -0.1) is 11.3 Å². The maximum Gasteiger partial charge on any atom is 0.243 e. The van der Waals surface area contributed by atoms with E-state index in [0.717, 1.165) is 15.8 Å². The molecule has 6 heteroatoms. The minimum absolute atomic E-state index is 0.0542. The summed E-state index contributed by atoms with van der Waals surface area (Å²) in [7, 11) is 3.76. The van der Waals surface area contributed by atoms with Crippen LogP contribution in [0.1, 0.15) is 30.7 Å². The first kappa shape index (κ1) is 16.2. The maximum atomic E-state index is 12.4. The molecule has 0 bridgehead atoms. The number of amides is 1. The van der Waals surface area contributed by atoms with E-state index in [2.05, 4.69) is 27.3 Å². The third-order valence-electron chi connectivity index (χ3n) is 2.80. The second-order valence-electron chi connectivity index (χ2n) is 4.51. The number of nitrogens with zero attached hydrogens (tertiary/aromatic N) is 2. The molecule has 2 atom stereocenters. The molecule has 0 aromatic carbocycles. The molecule has 0 aliphatic heterocycles. The zero-order valence-electron chi connectivity index (χ0n) is 11.3. The number of halogens is 1. The van der Waals surface area contributed by atoms with Crippen molar-refractivity contribution in [3.05, 3.63) is 20.8 Å². The molecule has 1 rings (SSSR count). The fourth-order valence-electron chi connectivity index (χ4n) is 1.78. The summed E-state index contributed by atoms with van der Waals surface area (Å²) in [4.78, 5) is 15.2. The Morgan fingerprint density at radius 2 is 2.32 bits per heavy atom. The minimum Gasteiger partial charge on any atom is -0.351 e. The van der Waals surface area contributed by atoms with Crippen molar-refractivity contribution in [1.82, 2.24) is 10.2 Å². The van der Waals surface area contributed by atoms with Crippen LogP contribution in [-0.4, -0.2) is 30.9 Å². The highest BCUT2D eigenvalue weighted by atomic mass is 79.9. The van der Waals surface area contributed by atoms with E-state index >= 15 is 0 Å². The largest absolute Gasteiger partial charge is 0.351 e. The van der Waals surface area contributed by atoms with E-state index in [1.807, 2.05) is 37.4 Å². The van der Waals surface area contributed by atoms with Crippen molar-refractivity contribution in [3.63, 3.8) is 0 Å². The molecular formula is C13H18BrN3OS. The zero-order chi connectivity index (χ0) is 14.4. The molecule has 0 aliphatic rings. The monoisotopic (exact) mass is 343 g/mol. The lowest BCUT2D eigenvalue weighted by Gasteiger charge is -2.24. The van der Waals surface area contributed by atoms with Gasteiger partial charge in [-0.25, -0.2) is 0 Å². The fraction of sp³-hybridized carbons (Fsp3) is 0.538. The molecular weight excluding hydrogens is 326 g/mol. The predicted octanol–water partition coefficient (Wildman–Crippen LogP) is 2.92. The highest BCUT2D eigenvalue weighted by Crippen LogP contribution is 2.28. The molecule has 1 N–H and O–H groups in total. The summed E-state index contributed by atoms with van der Waals surface area (Å²) in [5.41, 5.74) is 0. The van der Waals surface area contributed by atoms with Crippen LogP contribution in [0.15, 0.2) is 15.9 Å². The summed E-state index contributed by atoms with van der Waals surface area (Å²) in [6, 6.07) is 3.67. The number of nitriles is 1. The van der Waals surface area contributed by atoms with E-state index in [-0.39, 0.29) is 18.0 Å². The number of thiophene rings is 1. The first-order valence-corrected chi connectivity index (χ1v) is 7.74. The minimum atomic E-state index is -0.316. The van der Waals surface area contributed by atoms with Gasteiger partial charge in [-0.1, -0.05) is 6.92 Å². The van der Waals surface area contributed by atoms with Crippen LogP contribution < -0.4 is 5.32 Å². The Labute approximate surface area is 126 Å². The van der Waals surface area contributed by atoms with Crippen LogP contribution >= 0.6 is 27.3 Å². The van der Waals surface area contributed by atoms with Gasteiger partial charge >= 0.3 is 0 Å². The molecule has 0 unspecified atom stereocenters. The van der Waals surface area contributed by atoms with Crippen molar-refractivity contribution in [3.8, 4) is 6.07 Å². The van der Waals surface area contributed by atoms with Crippen LogP contribution in [0.4, 0.5) is 0 Å². The molecule has 1 heterocycles. The molecule has 104 valence electrons. The molecule has 0 spiro atoms. The Morgan fingerprint density at radius 3 is 2.74 bits per heavy atom. The van der Waals surface area contributed by atoms with E-state index in [9.17, 15) is 4.79 Å². The topological polar surface area (TPSA) is 56.1 Å². The summed E-state index contributed by atoms with van der Waals surface area (Å²) >= 11 is 4.95. The Morgan fingerprint density at radius 1 is 1.63 bits per heavy atom. The van der Waals surface area contributed by atoms with Gasteiger partial charge in [0, 0.05) is 20.8 Å². The van der Waals surface area contributed by atoms with Gasteiger partial charge in [-0.05, 0) is 42.5 Å².